The van der Waals surface area contributed by atoms with Crippen LogP contribution in [0.4, 0.5) is 8.78 Å². The highest BCUT2D eigenvalue weighted by atomic mass is 19.3. The van der Waals surface area contributed by atoms with Crippen LogP contribution in [-0.4, -0.2) is 39.7 Å². The van der Waals surface area contributed by atoms with Gasteiger partial charge in [0, 0.05) is 13.1 Å². The van der Waals surface area contributed by atoms with Crippen molar-refractivity contribution < 1.29 is 13.5 Å². The minimum Gasteiger partial charge on any atom is -0.373 e. The van der Waals surface area contributed by atoms with E-state index < -0.39 is 6.55 Å². The van der Waals surface area contributed by atoms with Crippen molar-refractivity contribution in [2.45, 2.75) is 45.6 Å². The number of hydrogen-bond acceptors (Lipinski definition) is 3. The van der Waals surface area contributed by atoms with Gasteiger partial charge in [-0.3, -0.25) is 9.47 Å². The summed E-state index contributed by atoms with van der Waals surface area (Å²) in [5, 5.41) is 0. The van der Waals surface area contributed by atoms with Crippen molar-refractivity contribution >= 4 is 11.0 Å². The van der Waals surface area contributed by atoms with Gasteiger partial charge in [0.05, 0.1) is 29.3 Å². The lowest BCUT2D eigenvalue weighted by molar-refractivity contribution is -0.0809. The van der Waals surface area contributed by atoms with Gasteiger partial charge in [0.1, 0.15) is 5.82 Å². The summed E-state index contributed by atoms with van der Waals surface area (Å²) in [7, 11) is 0. The van der Waals surface area contributed by atoms with Crippen molar-refractivity contribution in [3.63, 3.8) is 0 Å². The van der Waals surface area contributed by atoms with Crippen molar-refractivity contribution in [2.24, 2.45) is 0 Å². The van der Waals surface area contributed by atoms with Crippen molar-refractivity contribution in [2.75, 3.05) is 13.1 Å². The lowest BCUT2D eigenvalue weighted by atomic mass is 10.1. The van der Waals surface area contributed by atoms with Crippen LogP contribution in [0.15, 0.2) is 24.3 Å². The molecule has 3 rings (SSSR count). The topological polar surface area (TPSA) is 30.3 Å². The zero-order chi connectivity index (χ0) is 15.9. The van der Waals surface area contributed by atoms with Gasteiger partial charge < -0.3 is 4.74 Å². The van der Waals surface area contributed by atoms with E-state index in [-0.39, 0.29) is 18.2 Å². The number of nitrogens with zero attached hydrogens (tertiary/aromatic N) is 3. The zero-order valence-electron chi connectivity index (χ0n) is 13.0. The number of benzene rings is 1. The first kappa shape index (κ1) is 15.4. The number of aromatic nitrogens is 2. The van der Waals surface area contributed by atoms with Gasteiger partial charge >= 0.3 is 6.55 Å². The van der Waals surface area contributed by atoms with Crippen molar-refractivity contribution in [3.05, 3.63) is 30.1 Å². The lowest BCUT2D eigenvalue weighted by Gasteiger charge is -2.38. The summed E-state index contributed by atoms with van der Waals surface area (Å²) >= 11 is 0. The number of halogens is 2. The summed E-state index contributed by atoms with van der Waals surface area (Å²) in [6.45, 7) is 4.79. The molecule has 4 nitrogen and oxygen atoms in total. The predicted molar refractivity (Wildman–Crippen MR) is 81.0 cm³/mol. The molecule has 1 aromatic carbocycles. The van der Waals surface area contributed by atoms with Crippen LogP contribution >= 0.6 is 0 Å². The van der Waals surface area contributed by atoms with Gasteiger partial charge in [0.15, 0.2) is 0 Å². The Morgan fingerprint density at radius 1 is 1.18 bits per heavy atom. The van der Waals surface area contributed by atoms with E-state index in [2.05, 4.69) is 9.88 Å². The second-order valence-electron chi connectivity index (χ2n) is 5.99. The summed E-state index contributed by atoms with van der Waals surface area (Å²) in [5.41, 5.74) is 1.09. The molecule has 0 aliphatic carbocycles. The molecule has 120 valence electrons. The maximum atomic E-state index is 13.6. The molecule has 0 amide bonds. The van der Waals surface area contributed by atoms with Gasteiger partial charge in [-0.1, -0.05) is 12.1 Å². The largest absolute Gasteiger partial charge is 0.373 e. The highest BCUT2D eigenvalue weighted by Gasteiger charge is 2.30. The number of imidazole rings is 1. The molecule has 1 aliphatic heterocycles. The molecule has 1 saturated heterocycles. The standard InChI is InChI=1S/C16H21F2N3O/c1-10-8-20(9-11(2)22-10)12(3)15-19-13-6-4-5-7-14(13)21(15)16(17)18/h4-7,10-12,16H,8-9H2,1-3H3. The van der Waals surface area contributed by atoms with E-state index in [1.807, 2.05) is 26.8 Å². The van der Waals surface area contributed by atoms with E-state index >= 15 is 0 Å². The number of morpholine rings is 1. The number of hydrogen-bond donors (Lipinski definition) is 0. The summed E-state index contributed by atoms with van der Waals surface area (Å²) in [6.07, 6.45) is 0.186. The Labute approximate surface area is 128 Å². The molecule has 0 bridgehead atoms. The Hall–Kier alpha value is -1.53. The van der Waals surface area contributed by atoms with E-state index in [0.717, 1.165) is 17.7 Å². The first-order valence-corrected chi connectivity index (χ1v) is 7.62. The van der Waals surface area contributed by atoms with Crippen LogP contribution < -0.4 is 0 Å². The molecule has 0 saturated carbocycles. The van der Waals surface area contributed by atoms with E-state index in [1.165, 1.54) is 0 Å². The number of fused-ring (bicyclic) bond motifs is 1. The second-order valence-corrected chi connectivity index (χ2v) is 5.99. The van der Waals surface area contributed by atoms with E-state index in [0.29, 0.717) is 16.9 Å². The van der Waals surface area contributed by atoms with Crippen molar-refractivity contribution in [3.8, 4) is 0 Å². The van der Waals surface area contributed by atoms with Crippen LogP contribution in [0.2, 0.25) is 0 Å². The molecule has 3 atom stereocenters. The Kier molecular flexibility index (Phi) is 4.14. The van der Waals surface area contributed by atoms with E-state index in [1.54, 1.807) is 18.2 Å². The normalized spacial score (nSPS) is 25.0. The van der Waals surface area contributed by atoms with E-state index in [4.69, 9.17) is 4.74 Å². The maximum absolute atomic E-state index is 13.6. The molecule has 1 fully saturated rings. The molecule has 0 radical (unpaired) electrons. The molecule has 6 heteroatoms. The summed E-state index contributed by atoms with van der Waals surface area (Å²) in [4.78, 5) is 6.63. The molecular weight excluding hydrogens is 288 g/mol. The highest BCUT2D eigenvalue weighted by Crippen LogP contribution is 2.30. The quantitative estimate of drug-likeness (QED) is 0.868. The predicted octanol–water partition coefficient (Wildman–Crippen LogP) is 3.60. The molecule has 3 unspecified atom stereocenters. The average Bonchev–Trinajstić information content (AvgIpc) is 2.84. The first-order chi connectivity index (χ1) is 10.5. The van der Waals surface area contributed by atoms with Crippen LogP contribution in [0.3, 0.4) is 0 Å². The molecular formula is C16H21F2N3O. The Balaban J connectivity index is 1.99. The van der Waals surface area contributed by atoms with Crippen LogP contribution in [0.25, 0.3) is 11.0 Å². The molecule has 1 aromatic heterocycles. The number of rotatable bonds is 3. The zero-order valence-corrected chi connectivity index (χ0v) is 13.0. The van der Waals surface area contributed by atoms with Crippen LogP contribution in [0.1, 0.15) is 39.2 Å². The van der Waals surface area contributed by atoms with E-state index in [9.17, 15) is 8.78 Å². The fraction of sp³-hybridized carbons (Fsp3) is 0.562. The van der Waals surface area contributed by atoms with Gasteiger partial charge in [0.2, 0.25) is 0 Å². The van der Waals surface area contributed by atoms with Crippen LogP contribution in [-0.2, 0) is 4.74 Å². The second kappa shape index (κ2) is 5.93. The molecule has 22 heavy (non-hydrogen) atoms. The van der Waals surface area contributed by atoms with Crippen molar-refractivity contribution in [1.29, 1.82) is 0 Å². The third kappa shape index (κ3) is 2.73. The lowest BCUT2D eigenvalue weighted by Crippen LogP contribution is -2.46. The molecule has 2 heterocycles. The smallest absolute Gasteiger partial charge is 0.320 e. The van der Waals surface area contributed by atoms with Gasteiger partial charge in [-0.15, -0.1) is 0 Å². The maximum Gasteiger partial charge on any atom is 0.320 e. The van der Waals surface area contributed by atoms with Gasteiger partial charge in [0.25, 0.3) is 0 Å². The number of ether oxygens (including phenoxy) is 1. The fourth-order valence-corrected chi connectivity index (χ4v) is 3.26. The summed E-state index contributed by atoms with van der Waals surface area (Å²) in [5.74, 6) is 0.414. The Morgan fingerprint density at radius 3 is 2.45 bits per heavy atom. The Morgan fingerprint density at radius 2 is 1.82 bits per heavy atom. The van der Waals surface area contributed by atoms with Gasteiger partial charge in [-0.2, -0.15) is 8.78 Å². The minimum absolute atomic E-state index is 0.0931. The van der Waals surface area contributed by atoms with Gasteiger partial charge in [-0.25, -0.2) is 4.98 Å². The third-order valence-electron chi connectivity index (χ3n) is 4.19. The minimum atomic E-state index is -2.60. The molecule has 0 N–H and O–H groups in total. The summed E-state index contributed by atoms with van der Waals surface area (Å²) in [6, 6.07) is 6.86. The third-order valence-corrected chi connectivity index (χ3v) is 4.19. The van der Waals surface area contributed by atoms with Crippen molar-refractivity contribution in [1.82, 2.24) is 14.5 Å². The number of alkyl halides is 2. The molecule has 0 spiro atoms. The van der Waals surface area contributed by atoms with Crippen LogP contribution in [0.5, 0.6) is 0 Å². The Bertz CT molecular complexity index is 648. The van der Waals surface area contributed by atoms with Gasteiger partial charge in [-0.05, 0) is 32.9 Å². The molecule has 1 aliphatic rings. The monoisotopic (exact) mass is 309 g/mol. The summed E-state index contributed by atoms with van der Waals surface area (Å²) < 4.78 is 33.9. The fourth-order valence-electron chi connectivity index (χ4n) is 3.26. The first-order valence-electron chi connectivity index (χ1n) is 7.62. The average molecular weight is 309 g/mol. The molecule has 2 aromatic rings. The highest BCUT2D eigenvalue weighted by molar-refractivity contribution is 5.76. The number of para-hydroxylation sites is 2. The van der Waals surface area contributed by atoms with Crippen LogP contribution in [0, 0.1) is 0 Å². The SMILES string of the molecule is CC1CN(C(C)c2nc3ccccc3n2C(F)F)CC(C)O1.